The van der Waals surface area contributed by atoms with Gasteiger partial charge in [-0.3, -0.25) is 9.59 Å². The van der Waals surface area contributed by atoms with Gasteiger partial charge >= 0.3 is 0 Å². The first-order valence-corrected chi connectivity index (χ1v) is 11.3. The van der Waals surface area contributed by atoms with E-state index in [1.165, 1.54) is 17.3 Å². The van der Waals surface area contributed by atoms with Crippen molar-refractivity contribution in [3.63, 3.8) is 0 Å². The van der Waals surface area contributed by atoms with Crippen LogP contribution < -0.4 is 10.6 Å². The minimum absolute atomic E-state index is 0.106. The normalized spacial score (nSPS) is 16.0. The summed E-state index contributed by atoms with van der Waals surface area (Å²) in [6.45, 7) is 8.04. The van der Waals surface area contributed by atoms with Gasteiger partial charge in [-0.1, -0.05) is 60.6 Å². The maximum absolute atomic E-state index is 12.6. The van der Waals surface area contributed by atoms with Gasteiger partial charge in [0.1, 0.15) is 0 Å². The van der Waals surface area contributed by atoms with E-state index in [4.69, 9.17) is 0 Å². The molecular formula is C25H27N3O2S. The van der Waals surface area contributed by atoms with Crippen LogP contribution in [0.2, 0.25) is 0 Å². The highest BCUT2D eigenvalue weighted by Crippen LogP contribution is 2.36. The SMILES string of the molecule is CCc1ccc([C@H]2CC(=O)NC(SCC(=O)Nc3c(C)cc(C)cc3C)=C2C#N)cc1. The lowest BCUT2D eigenvalue weighted by Crippen LogP contribution is -2.31. The highest BCUT2D eigenvalue weighted by Gasteiger charge is 2.29. The smallest absolute Gasteiger partial charge is 0.234 e. The third-order valence-electron chi connectivity index (χ3n) is 5.44. The average Bonchev–Trinajstić information content (AvgIpc) is 2.74. The number of anilines is 1. The third kappa shape index (κ3) is 5.36. The van der Waals surface area contributed by atoms with Crippen molar-refractivity contribution in [2.24, 2.45) is 0 Å². The number of amides is 2. The molecule has 2 aromatic rings. The molecule has 1 heterocycles. The van der Waals surface area contributed by atoms with Gasteiger partial charge < -0.3 is 10.6 Å². The summed E-state index contributed by atoms with van der Waals surface area (Å²) in [4.78, 5) is 24.9. The molecule has 2 N–H and O–H groups in total. The molecule has 0 radical (unpaired) electrons. The molecule has 0 fully saturated rings. The molecule has 3 rings (SSSR count). The lowest BCUT2D eigenvalue weighted by Gasteiger charge is -2.25. The van der Waals surface area contributed by atoms with Crippen molar-refractivity contribution < 1.29 is 9.59 Å². The van der Waals surface area contributed by atoms with Crippen LogP contribution in [0.4, 0.5) is 5.69 Å². The molecule has 0 saturated carbocycles. The quantitative estimate of drug-likeness (QED) is 0.680. The van der Waals surface area contributed by atoms with Crippen LogP contribution in [0.5, 0.6) is 0 Å². The number of carbonyl (C=O) groups is 2. The van der Waals surface area contributed by atoms with Crippen LogP contribution >= 0.6 is 11.8 Å². The van der Waals surface area contributed by atoms with Crippen LogP contribution in [0.15, 0.2) is 47.0 Å². The lowest BCUT2D eigenvalue weighted by atomic mass is 9.86. The van der Waals surface area contributed by atoms with Gasteiger partial charge in [0.05, 0.1) is 22.4 Å². The Kier molecular flexibility index (Phi) is 7.19. The number of nitriles is 1. The Morgan fingerprint density at radius 3 is 2.42 bits per heavy atom. The molecular weight excluding hydrogens is 406 g/mol. The Bertz CT molecular complexity index is 1060. The van der Waals surface area contributed by atoms with Gasteiger partial charge in [-0.2, -0.15) is 5.26 Å². The van der Waals surface area contributed by atoms with E-state index in [-0.39, 0.29) is 29.9 Å². The second kappa shape index (κ2) is 9.84. The summed E-state index contributed by atoms with van der Waals surface area (Å²) in [7, 11) is 0. The van der Waals surface area contributed by atoms with E-state index in [9.17, 15) is 14.9 Å². The Morgan fingerprint density at radius 2 is 1.84 bits per heavy atom. The van der Waals surface area contributed by atoms with E-state index in [0.717, 1.165) is 34.4 Å². The fraction of sp³-hybridized carbons (Fsp3) is 0.320. The van der Waals surface area contributed by atoms with Gasteiger partial charge in [0, 0.05) is 18.0 Å². The summed E-state index contributed by atoms with van der Waals surface area (Å²) in [6, 6.07) is 14.4. The molecule has 1 atom stereocenters. The number of nitrogens with one attached hydrogen (secondary N) is 2. The second-order valence-electron chi connectivity index (χ2n) is 7.87. The maximum atomic E-state index is 12.6. The number of hydrogen-bond donors (Lipinski definition) is 2. The zero-order chi connectivity index (χ0) is 22.5. The number of rotatable bonds is 6. The Hall–Kier alpha value is -3.04. The molecule has 0 aliphatic carbocycles. The number of benzene rings is 2. The Morgan fingerprint density at radius 1 is 1.19 bits per heavy atom. The van der Waals surface area contributed by atoms with E-state index >= 15 is 0 Å². The van der Waals surface area contributed by atoms with Gasteiger partial charge in [0.2, 0.25) is 11.8 Å². The first-order valence-electron chi connectivity index (χ1n) is 10.4. The van der Waals surface area contributed by atoms with Crippen molar-refractivity contribution in [2.75, 3.05) is 11.1 Å². The van der Waals surface area contributed by atoms with Crippen LogP contribution in [-0.4, -0.2) is 17.6 Å². The zero-order valence-corrected chi connectivity index (χ0v) is 19.2. The molecule has 0 bridgehead atoms. The molecule has 0 unspecified atom stereocenters. The number of hydrogen-bond acceptors (Lipinski definition) is 4. The number of nitrogens with zero attached hydrogens (tertiary/aromatic N) is 1. The fourth-order valence-electron chi connectivity index (χ4n) is 3.89. The monoisotopic (exact) mass is 433 g/mol. The van der Waals surface area contributed by atoms with Crippen molar-refractivity contribution in [2.45, 2.75) is 46.5 Å². The molecule has 2 aromatic carbocycles. The van der Waals surface area contributed by atoms with Gasteiger partial charge in [0.25, 0.3) is 0 Å². The van der Waals surface area contributed by atoms with Crippen molar-refractivity contribution in [1.82, 2.24) is 5.32 Å². The minimum Gasteiger partial charge on any atom is -0.325 e. The van der Waals surface area contributed by atoms with Crippen molar-refractivity contribution in [3.05, 3.63) is 74.8 Å². The standard InChI is InChI=1S/C25H27N3O2S/c1-5-18-6-8-19(9-7-18)20-12-22(29)28-25(21(20)13-26)31-14-23(30)27-24-16(3)10-15(2)11-17(24)4/h6-11,20H,5,12,14H2,1-4H3,(H,27,30)(H,28,29)/t20-/m1/s1. The molecule has 160 valence electrons. The van der Waals surface area contributed by atoms with Gasteiger partial charge in [-0.25, -0.2) is 0 Å². The molecule has 0 spiro atoms. The van der Waals surface area contributed by atoms with Crippen LogP contribution in [0.25, 0.3) is 0 Å². The molecule has 5 nitrogen and oxygen atoms in total. The van der Waals surface area contributed by atoms with E-state index in [2.05, 4.69) is 23.6 Å². The Balaban J connectivity index is 1.77. The number of aryl methyl sites for hydroxylation is 4. The molecule has 1 aliphatic rings. The van der Waals surface area contributed by atoms with Crippen molar-refractivity contribution in [1.29, 1.82) is 5.26 Å². The van der Waals surface area contributed by atoms with E-state index < -0.39 is 0 Å². The highest BCUT2D eigenvalue weighted by atomic mass is 32.2. The number of allylic oxidation sites excluding steroid dienone is 1. The summed E-state index contributed by atoms with van der Waals surface area (Å²) in [6.07, 6.45) is 1.16. The molecule has 31 heavy (non-hydrogen) atoms. The second-order valence-corrected chi connectivity index (χ2v) is 8.85. The maximum Gasteiger partial charge on any atom is 0.234 e. The number of thioether (sulfide) groups is 1. The predicted molar refractivity (Wildman–Crippen MR) is 126 cm³/mol. The summed E-state index contributed by atoms with van der Waals surface area (Å²) < 4.78 is 0. The molecule has 0 saturated heterocycles. The summed E-state index contributed by atoms with van der Waals surface area (Å²) >= 11 is 1.20. The van der Waals surface area contributed by atoms with Gasteiger partial charge in [-0.05, 0) is 49.4 Å². The average molecular weight is 434 g/mol. The summed E-state index contributed by atoms with van der Waals surface area (Å²) in [5.74, 6) is -0.503. The van der Waals surface area contributed by atoms with Crippen LogP contribution in [0.3, 0.4) is 0 Å². The van der Waals surface area contributed by atoms with Crippen LogP contribution in [-0.2, 0) is 16.0 Å². The van der Waals surface area contributed by atoms with Crippen molar-refractivity contribution in [3.8, 4) is 6.07 Å². The van der Waals surface area contributed by atoms with Crippen LogP contribution in [0.1, 0.15) is 47.1 Å². The van der Waals surface area contributed by atoms with Gasteiger partial charge in [-0.15, -0.1) is 0 Å². The number of carbonyl (C=O) groups excluding carboxylic acids is 2. The molecule has 0 aromatic heterocycles. The van der Waals surface area contributed by atoms with E-state index in [1.54, 1.807) is 0 Å². The first kappa shape index (κ1) is 22.6. The topological polar surface area (TPSA) is 82.0 Å². The molecule has 1 aliphatic heterocycles. The first-order chi connectivity index (χ1) is 14.8. The molecule has 2 amide bonds. The lowest BCUT2D eigenvalue weighted by molar-refractivity contribution is -0.121. The largest absolute Gasteiger partial charge is 0.325 e. The predicted octanol–water partition coefficient (Wildman–Crippen LogP) is 4.88. The summed E-state index contributed by atoms with van der Waals surface area (Å²) in [5, 5.41) is 16.0. The van der Waals surface area contributed by atoms with Crippen LogP contribution in [0, 0.1) is 32.1 Å². The van der Waals surface area contributed by atoms with E-state index in [1.807, 2.05) is 57.2 Å². The summed E-state index contributed by atoms with van der Waals surface area (Å²) in [5.41, 5.74) is 6.63. The third-order valence-corrected chi connectivity index (χ3v) is 6.45. The fourth-order valence-corrected chi connectivity index (χ4v) is 4.77. The Labute approximate surface area is 187 Å². The highest BCUT2D eigenvalue weighted by molar-refractivity contribution is 8.03. The van der Waals surface area contributed by atoms with Crippen molar-refractivity contribution >= 4 is 29.3 Å². The van der Waals surface area contributed by atoms with E-state index in [0.29, 0.717) is 10.6 Å². The van der Waals surface area contributed by atoms with Gasteiger partial charge in [0.15, 0.2) is 0 Å². The molecule has 6 heteroatoms. The zero-order valence-electron chi connectivity index (χ0n) is 18.3. The minimum atomic E-state index is -0.295.